The molecule has 0 N–H and O–H groups in total. The maximum atomic E-state index is 13.7. The molecule has 0 fully saturated rings. The van der Waals surface area contributed by atoms with Crippen molar-refractivity contribution in [3.8, 4) is 27.5 Å². The van der Waals surface area contributed by atoms with Crippen molar-refractivity contribution in [2.45, 2.75) is 48.5 Å². The summed E-state index contributed by atoms with van der Waals surface area (Å²) in [7, 11) is 0. The van der Waals surface area contributed by atoms with Crippen LogP contribution >= 0.6 is 11.3 Å². The van der Waals surface area contributed by atoms with Gasteiger partial charge in [-0.3, -0.25) is 14.2 Å². The highest BCUT2D eigenvalue weighted by Crippen LogP contribution is 2.29. The summed E-state index contributed by atoms with van der Waals surface area (Å²) < 4.78 is 1.61. The number of thiazole rings is 1. The number of carbonyl (C=O) groups is 1. The second-order valence-electron chi connectivity index (χ2n) is 7.51. The van der Waals surface area contributed by atoms with Gasteiger partial charge in [-0.2, -0.15) is 0 Å². The number of rotatable bonds is 5. The number of para-hydroxylation sites is 1. The highest BCUT2D eigenvalue weighted by molar-refractivity contribution is 7.13. The molecule has 0 saturated heterocycles. The summed E-state index contributed by atoms with van der Waals surface area (Å²) in [6, 6.07) is 20.9. The van der Waals surface area contributed by atoms with Gasteiger partial charge in [-0.05, 0) is 45.0 Å². The number of ketones is 1. The quantitative estimate of drug-likeness (QED) is 0.267. The molecule has 2 heterocycles. The lowest BCUT2D eigenvalue weighted by atomic mass is 10.0. The molecule has 0 spiro atoms. The van der Waals surface area contributed by atoms with E-state index in [2.05, 4.69) is 0 Å². The van der Waals surface area contributed by atoms with Gasteiger partial charge in [0.1, 0.15) is 5.01 Å². The first-order valence-corrected chi connectivity index (χ1v) is 12.9. The van der Waals surface area contributed by atoms with Gasteiger partial charge < -0.3 is 0 Å². The molecule has 0 amide bonds. The number of Topliss-reactive ketones (excluding diaryl/α,β-unsaturated/α-hetero) is 1. The van der Waals surface area contributed by atoms with E-state index < -0.39 is 0 Å². The molecule has 0 aliphatic carbocycles. The average molecular weight is 487 g/mol. The van der Waals surface area contributed by atoms with Gasteiger partial charge in [-0.25, -0.2) is 4.98 Å². The van der Waals surface area contributed by atoms with E-state index in [1.807, 2.05) is 114 Å². The van der Waals surface area contributed by atoms with Crippen LogP contribution < -0.4 is 5.56 Å². The van der Waals surface area contributed by atoms with Gasteiger partial charge in [0.2, 0.25) is 0 Å². The predicted octanol–water partition coefficient (Wildman–Crippen LogP) is 8.31. The van der Waals surface area contributed by atoms with Gasteiger partial charge in [-0.1, -0.05) is 81.8 Å². The summed E-state index contributed by atoms with van der Waals surface area (Å²) in [4.78, 5) is 31.0. The molecule has 0 radical (unpaired) electrons. The summed E-state index contributed by atoms with van der Waals surface area (Å²) in [6.45, 7) is 13.4. The lowest BCUT2D eigenvalue weighted by Crippen LogP contribution is -2.25. The zero-order chi connectivity index (χ0) is 26.0. The minimum Gasteiger partial charge on any atom is -0.294 e. The molecular formula is C30H34N2O2S. The van der Waals surface area contributed by atoms with Crippen LogP contribution in [0.25, 0.3) is 33.6 Å². The third-order valence-electron chi connectivity index (χ3n) is 4.86. The van der Waals surface area contributed by atoms with Gasteiger partial charge >= 0.3 is 0 Å². The SMILES string of the molecule is CC.CC.CC(=O)c1cc(-c2nc(-c3ccccc3)cs2)c(=O)n(-c2ccccc2)c1C=C(C)C. The Morgan fingerprint density at radius 1 is 0.886 bits per heavy atom. The number of benzene rings is 2. The average Bonchev–Trinajstić information content (AvgIpc) is 3.37. The fraction of sp³-hybridized carbons (Fsp3) is 0.233. The van der Waals surface area contributed by atoms with Crippen molar-refractivity contribution >= 4 is 23.2 Å². The van der Waals surface area contributed by atoms with E-state index in [1.165, 1.54) is 18.3 Å². The second-order valence-corrected chi connectivity index (χ2v) is 8.37. The first-order chi connectivity index (χ1) is 17.0. The van der Waals surface area contributed by atoms with E-state index in [-0.39, 0.29) is 11.3 Å². The maximum Gasteiger partial charge on any atom is 0.265 e. The number of pyridine rings is 1. The van der Waals surface area contributed by atoms with Crippen molar-refractivity contribution in [1.82, 2.24) is 9.55 Å². The van der Waals surface area contributed by atoms with Gasteiger partial charge in [0, 0.05) is 22.2 Å². The van der Waals surface area contributed by atoms with Crippen LogP contribution in [-0.4, -0.2) is 15.3 Å². The highest BCUT2D eigenvalue weighted by Gasteiger charge is 2.20. The van der Waals surface area contributed by atoms with Crippen LogP contribution in [0.15, 0.2) is 82.5 Å². The third-order valence-corrected chi connectivity index (χ3v) is 5.74. The molecule has 0 unspecified atom stereocenters. The van der Waals surface area contributed by atoms with Crippen molar-refractivity contribution in [3.05, 3.63) is 99.3 Å². The fourth-order valence-electron chi connectivity index (χ4n) is 3.45. The first kappa shape index (κ1) is 27.7. The monoisotopic (exact) mass is 486 g/mol. The Labute approximate surface area is 212 Å². The normalized spacial score (nSPS) is 9.80. The molecular weight excluding hydrogens is 452 g/mol. The van der Waals surface area contributed by atoms with Gasteiger partial charge in [0.25, 0.3) is 5.56 Å². The van der Waals surface area contributed by atoms with Crippen LogP contribution in [0.5, 0.6) is 0 Å². The standard InChI is InChI=1S/C26H22N2O2S.2C2H6/c1-17(2)14-24-21(18(3)29)15-22(26(30)28(24)20-12-8-5-9-13-20)25-27-23(16-31-25)19-10-6-4-7-11-19;2*1-2/h4-16H,1-3H3;2*1-2H3. The van der Waals surface area contributed by atoms with Crippen LogP contribution in [0.1, 0.15) is 64.5 Å². The molecule has 4 rings (SSSR count). The van der Waals surface area contributed by atoms with Crippen molar-refractivity contribution in [3.63, 3.8) is 0 Å². The summed E-state index contributed by atoms with van der Waals surface area (Å²) in [5.41, 5.74) is 4.82. The molecule has 5 heteroatoms. The van der Waals surface area contributed by atoms with Gasteiger partial charge in [0.15, 0.2) is 5.78 Å². The zero-order valence-corrected chi connectivity index (χ0v) is 22.4. The molecule has 0 aliphatic heterocycles. The largest absolute Gasteiger partial charge is 0.294 e. The smallest absolute Gasteiger partial charge is 0.265 e. The maximum absolute atomic E-state index is 13.7. The van der Waals surface area contributed by atoms with Crippen LogP contribution in [-0.2, 0) is 0 Å². The van der Waals surface area contributed by atoms with Gasteiger partial charge in [0.05, 0.1) is 17.0 Å². The molecule has 4 aromatic rings. The Bertz CT molecular complexity index is 1330. The number of aromatic nitrogens is 2. The van der Waals surface area contributed by atoms with Crippen LogP contribution in [0.2, 0.25) is 0 Å². The Morgan fingerprint density at radius 3 is 2.00 bits per heavy atom. The third kappa shape index (κ3) is 6.52. The van der Waals surface area contributed by atoms with Crippen LogP contribution in [0, 0.1) is 0 Å². The second kappa shape index (κ2) is 13.4. The van der Waals surface area contributed by atoms with E-state index >= 15 is 0 Å². The topological polar surface area (TPSA) is 52.0 Å². The van der Waals surface area contributed by atoms with Crippen LogP contribution in [0.3, 0.4) is 0 Å². The lowest BCUT2D eigenvalue weighted by molar-refractivity contribution is 0.101. The van der Waals surface area contributed by atoms with E-state index in [0.29, 0.717) is 27.5 Å². The summed E-state index contributed by atoms with van der Waals surface area (Å²) in [5.74, 6) is -0.0988. The van der Waals surface area contributed by atoms with E-state index in [0.717, 1.165) is 16.8 Å². The molecule has 0 saturated carbocycles. The number of hydrogen-bond donors (Lipinski definition) is 0. The summed E-state index contributed by atoms with van der Waals surface area (Å²) in [6.07, 6.45) is 1.88. The minimum atomic E-state index is -0.197. The first-order valence-electron chi connectivity index (χ1n) is 12.0. The summed E-state index contributed by atoms with van der Waals surface area (Å²) in [5, 5.41) is 2.54. The lowest BCUT2D eigenvalue weighted by Gasteiger charge is -2.16. The number of nitrogens with zero attached hydrogens (tertiary/aromatic N) is 2. The molecule has 35 heavy (non-hydrogen) atoms. The molecule has 4 nitrogen and oxygen atoms in total. The van der Waals surface area contributed by atoms with Crippen LogP contribution in [0.4, 0.5) is 0 Å². The van der Waals surface area contributed by atoms with E-state index in [9.17, 15) is 9.59 Å². The van der Waals surface area contributed by atoms with Gasteiger partial charge in [-0.15, -0.1) is 11.3 Å². The Morgan fingerprint density at radius 2 is 1.46 bits per heavy atom. The molecule has 2 aromatic carbocycles. The minimum absolute atomic E-state index is 0.0988. The highest BCUT2D eigenvalue weighted by atomic mass is 32.1. The van der Waals surface area contributed by atoms with E-state index in [1.54, 1.807) is 10.6 Å². The molecule has 0 aliphatic rings. The Kier molecular flexibility index (Phi) is 10.6. The summed E-state index contributed by atoms with van der Waals surface area (Å²) >= 11 is 1.40. The molecule has 0 bridgehead atoms. The Hall–Kier alpha value is -3.57. The predicted molar refractivity (Wildman–Crippen MR) is 151 cm³/mol. The van der Waals surface area contributed by atoms with Crippen molar-refractivity contribution in [2.24, 2.45) is 0 Å². The van der Waals surface area contributed by atoms with E-state index in [4.69, 9.17) is 4.98 Å². The molecule has 0 atom stereocenters. The van der Waals surface area contributed by atoms with Crippen molar-refractivity contribution < 1.29 is 4.79 Å². The van der Waals surface area contributed by atoms with Crippen molar-refractivity contribution in [2.75, 3.05) is 0 Å². The zero-order valence-electron chi connectivity index (χ0n) is 21.6. The fourth-order valence-corrected chi connectivity index (χ4v) is 4.29. The number of allylic oxidation sites excluding steroid dienone is 1. The molecule has 2 aromatic heterocycles. The number of hydrogen-bond acceptors (Lipinski definition) is 4. The Balaban J connectivity index is 0.00000103. The van der Waals surface area contributed by atoms with Crippen molar-refractivity contribution in [1.29, 1.82) is 0 Å². The number of carbonyl (C=O) groups excluding carboxylic acids is 1. The molecule has 182 valence electrons.